The number of hydrogen-bond acceptors (Lipinski definition) is 4. The van der Waals surface area contributed by atoms with E-state index >= 15 is 0 Å². The number of carbonyl (C=O) groups is 1. The van der Waals surface area contributed by atoms with Crippen molar-refractivity contribution in [3.05, 3.63) is 22.3 Å². The van der Waals surface area contributed by atoms with E-state index in [-0.39, 0.29) is 30.7 Å². The van der Waals surface area contributed by atoms with Gasteiger partial charge in [0.1, 0.15) is 5.82 Å². The summed E-state index contributed by atoms with van der Waals surface area (Å²) in [5.74, 6) is 2.29. The van der Waals surface area contributed by atoms with Gasteiger partial charge in [0.05, 0.1) is 5.56 Å². The van der Waals surface area contributed by atoms with Gasteiger partial charge in [-0.1, -0.05) is 0 Å². The van der Waals surface area contributed by atoms with E-state index in [1.807, 2.05) is 30.0 Å². The van der Waals surface area contributed by atoms with Gasteiger partial charge < -0.3 is 15.1 Å². The third-order valence-electron chi connectivity index (χ3n) is 4.79. The number of nitrogens with zero attached hydrogens (tertiary/aromatic N) is 3. The van der Waals surface area contributed by atoms with Gasteiger partial charge >= 0.3 is 0 Å². The van der Waals surface area contributed by atoms with Crippen LogP contribution in [-0.2, 0) is 0 Å². The van der Waals surface area contributed by atoms with Crippen molar-refractivity contribution in [3.8, 4) is 0 Å². The Morgan fingerprint density at radius 3 is 2.38 bits per heavy atom. The summed E-state index contributed by atoms with van der Waals surface area (Å²) in [6.45, 7) is 3.91. The lowest BCUT2D eigenvalue weighted by Gasteiger charge is -2.24. The van der Waals surface area contributed by atoms with Gasteiger partial charge in [-0.2, -0.15) is 0 Å². The van der Waals surface area contributed by atoms with Crippen LogP contribution in [0.25, 0.3) is 0 Å². The number of nitrogens with one attached hydrogen (secondary N) is 1. The van der Waals surface area contributed by atoms with Gasteiger partial charge in [0.15, 0.2) is 0 Å². The number of likely N-dealkylation sites (tertiary alicyclic amines) is 1. The second-order valence-electron chi connectivity index (χ2n) is 6.47. The Balaban J connectivity index is 0.00000144. The predicted octanol–water partition coefficient (Wildman–Crippen LogP) is 2.83. The van der Waals surface area contributed by atoms with E-state index in [2.05, 4.69) is 26.2 Å². The fraction of sp³-hybridized carbons (Fsp3) is 0.625. The summed E-state index contributed by atoms with van der Waals surface area (Å²) >= 11 is 3.43. The molecule has 2 fully saturated rings. The van der Waals surface area contributed by atoms with Crippen LogP contribution in [0.5, 0.6) is 0 Å². The average molecular weight is 440 g/mol. The molecule has 0 unspecified atom stereocenters. The fourth-order valence-corrected chi connectivity index (χ4v) is 3.87. The SMILES string of the molecule is CN(C)c1ncc(Br)cc1C(=O)N1CC[C@@H]2CNC[C@@H]2CC1.Cl.Cl. The van der Waals surface area contributed by atoms with Crippen molar-refractivity contribution in [2.75, 3.05) is 45.2 Å². The van der Waals surface area contributed by atoms with E-state index in [9.17, 15) is 4.79 Å². The van der Waals surface area contributed by atoms with Gasteiger partial charge in [-0.05, 0) is 59.8 Å². The zero-order chi connectivity index (χ0) is 15.7. The molecular weight excluding hydrogens is 415 g/mol. The molecule has 0 bridgehead atoms. The first-order chi connectivity index (χ1) is 10.6. The monoisotopic (exact) mass is 438 g/mol. The maximum atomic E-state index is 13.0. The number of amides is 1. The van der Waals surface area contributed by atoms with Crippen molar-refractivity contribution < 1.29 is 4.79 Å². The first-order valence-electron chi connectivity index (χ1n) is 7.89. The Bertz CT molecular complexity index is 559. The van der Waals surface area contributed by atoms with Crippen LogP contribution >= 0.6 is 40.7 Å². The van der Waals surface area contributed by atoms with Crippen LogP contribution in [0.15, 0.2) is 16.7 Å². The maximum Gasteiger partial charge on any atom is 0.257 e. The molecule has 5 nitrogen and oxygen atoms in total. The number of aromatic nitrogens is 1. The quantitative estimate of drug-likeness (QED) is 0.769. The van der Waals surface area contributed by atoms with E-state index in [4.69, 9.17) is 0 Å². The molecule has 0 aromatic carbocycles. The van der Waals surface area contributed by atoms with Crippen molar-refractivity contribution in [2.45, 2.75) is 12.8 Å². The van der Waals surface area contributed by atoms with Crippen molar-refractivity contribution in [1.82, 2.24) is 15.2 Å². The standard InChI is InChI=1S/C16H23BrN4O.2ClH/c1-20(2)15-14(7-13(17)10-19-15)16(22)21-5-3-11-8-18-9-12(11)4-6-21;;/h7,10-12,18H,3-6,8-9H2,1-2H3;2*1H/t11-,12+;;. The summed E-state index contributed by atoms with van der Waals surface area (Å²) in [6.07, 6.45) is 3.94. The molecule has 24 heavy (non-hydrogen) atoms. The largest absolute Gasteiger partial charge is 0.362 e. The van der Waals surface area contributed by atoms with Crippen LogP contribution in [0.2, 0.25) is 0 Å². The second kappa shape index (κ2) is 9.22. The zero-order valence-electron chi connectivity index (χ0n) is 14.0. The zero-order valence-corrected chi connectivity index (χ0v) is 17.2. The third kappa shape index (κ3) is 4.54. The highest BCUT2D eigenvalue weighted by molar-refractivity contribution is 9.10. The topological polar surface area (TPSA) is 48.5 Å². The van der Waals surface area contributed by atoms with Crippen LogP contribution in [0.1, 0.15) is 23.2 Å². The molecule has 3 heterocycles. The molecule has 0 saturated carbocycles. The van der Waals surface area contributed by atoms with Gasteiger partial charge in [0, 0.05) is 37.9 Å². The normalized spacial score (nSPS) is 22.7. The molecule has 3 rings (SSSR count). The van der Waals surface area contributed by atoms with Crippen LogP contribution in [0.4, 0.5) is 5.82 Å². The highest BCUT2D eigenvalue weighted by Gasteiger charge is 2.32. The van der Waals surface area contributed by atoms with Gasteiger partial charge in [-0.25, -0.2) is 4.98 Å². The molecular formula is C16H25BrCl2N4O. The highest BCUT2D eigenvalue weighted by Crippen LogP contribution is 2.29. The number of carbonyl (C=O) groups excluding carboxylic acids is 1. The maximum absolute atomic E-state index is 13.0. The Morgan fingerprint density at radius 2 is 1.83 bits per heavy atom. The highest BCUT2D eigenvalue weighted by atomic mass is 79.9. The average Bonchev–Trinajstić information content (AvgIpc) is 2.85. The lowest BCUT2D eigenvalue weighted by molar-refractivity contribution is 0.0758. The fourth-order valence-electron chi connectivity index (χ4n) is 3.54. The molecule has 1 aromatic heterocycles. The van der Waals surface area contributed by atoms with Gasteiger partial charge in [0.2, 0.25) is 0 Å². The van der Waals surface area contributed by atoms with Crippen LogP contribution < -0.4 is 10.2 Å². The van der Waals surface area contributed by atoms with Crippen molar-refractivity contribution in [2.24, 2.45) is 11.8 Å². The van der Waals surface area contributed by atoms with Gasteiger partial charge in [-0.3, -0.25) is 4.79 Å². The molecule has 1 amide bonds. The Hall–Kier alpha value is -0.560. The lowest BCUT2D eigenvalue weighted by Crippen LogP contribution is -2.34. The summed E-state index contributed by atoms with van der Waals surface area (Å²) < 4.78 is 0.845. The lowest BCUT2D eigenvalue weighted by atomic mass is 9.92. The molecule has 2 aliphatic heterocycles. The molecule has 1 aromatic rings. The van der Waals surface area contributed by atoms with E-state index < -0.39 is 0 Å². The third-order valence-corrected chi connectivity index (χ3v) is 5.23. The molecule has 0 spiro atoms. The molecule has 2 saturated heterocycles. The Labute approximate surface area is 164 Å². The van der Waals surface area contributed by atoms with E-state index in [1.165, 1.54) is 0 Å². The molecule has 8 heteroatoms. The van der Waals surface area contributed by atoms with E-state index in [0.29, 0.717) is 5.56 Å². The second-order valence-corrected chi connectivity index (χ2v) is 7.38. The predicted molar refractivity (Wildman–Crippen MR) is 106 cm³/mol. The first-order valence-corrected chi connectivity index (χ1v) is 8.68. The smallest absolute Gasteiger partial charge is 0.257 e. The Kier molecular flexibility index (Phi) is 8.26. The molecule has 136 valence electrons. The molecule has 2 aliphatic rings. The number of hydrogen-bond donors (Lipinski definition) is 1. The molecule has 0 aliphatic carbocycles. The summed E-state index contributed by atoms with van der Waals surface area (Å²) in [6, 6.07) is 1.89. The van der Waals surface area contributed by atoms with Crippen molar-refractivity contribution in [3.63, 3.8) is 0 Å². The van der Waals surface area contributed by atoms with Gasteiger partial charge in [-0.15, -0.1) is 24.8 Å². The number of rotatable bonds is 2. The van der Waals surface area contributed by atoms with Crippen LogP contribution in [0, 0.1) is 11.8 Å². The summed E-state index contributed by atoms with van der Waals surface area (Å²) in [5.41, 5.74) is 0.685. The Morgan fingerprint density at radius 1 is 1.25 bits per heavy atom. The van der Waals surface area contributed by atoms with Crippen molar-refractivity contribution >= 4 is 52.5 Å². The molecule has 0 radical (unpaired) electrons. The summed E-state index contributed by atoms with van der Waals surface area (Å²) in [7, 11) is 3.84. The van der Waals surface area contributed by atoms with E-state index in [1.54, 1.807) is 6.20 Å². The number of pyridine rings is 1. The minimum Gasteiger partial charge on any atom is -0.362 e. The summed E-state index contributed by atoms with van der Waals surface area (Å²) in [4.78, 5) is 21.3. The first kappa shape index (κ1) is 21.5. The minimum atomic E-state index is 0. The number of halogens is 3. The van der Waals surface area contributed by atoms with Crippen LogP contribution in [-0.4, -0.2) is 56.1 Å². The summed E-state index contributed by atoms with van der Waals surface area (Å²) in [5, 5.41) is 3.47. The van der Waals surface area contributed by atoms with E-state index in [0.717, 1.165) is 61.1 Å². The van der Waals surface area contributed by atoms with Gasteiger partial charge in [0.25, 0.3) is 5.91 Å². The van der Waals surface area contributed by atoms with Crippen molar-refractivity contribution in [1.29, 1.82) is 0 Å². The number of anilines is 1. The number of fused-ring (bicyclic) bond motifs is 1. The molecule has 2 atom stereocenters. The van der Waals surface area contributed by atoms with Crippen LogP contribution in [0.3, 0.4) is 0 Å². The molecule has 1 N–H and O–H groups in total. The minimum absolute atomic E-state index is 0.